The Morgan fingerprint density at radius 1 is 1.42 bits per heavy atom. The number of furan rings is 1. The third kappa shape index (κ3) is 2.79. The summed E-state index contributed by atoms with van der Waals surface area (Å²) in [6.45, 7) is 3.98. The molecule has 102 valence electrons. The Balaban J connectivity index is 2.24. The fourth-order valence-corrected chi connectivity index (χ4v) is 2.07. The Hall–Kier alpha value is -1.81. The van der Waals surface area contributed by atoms with Gasteiger partial charge in [0.2, 0.25) is 0 Å². The molecule has 0 aliphatic heterocycles. The first-order chi connectivity index (χ1) is 9.09. The number of carbonyl (C=O) groups is 1. The molecule has 4 nitrogen and oxygen atoms in total. The van der Waals surface area contributed by atoms with Gasteiger partial charge in [-0.3, -0.25) is 4.79 Å². The van der Waals surface area contributed by atoms with E-state index in [4.69, 9.17) is 9.52 Å². The molecule has 1 aromatic carbocycles. The second kappa shape index (κ2) is 5.45. The van der Waals surface area contributed by atoms with Crippen molar-refractivity contribution in [3.63, 3.8) is 0 Å². The maximum absolute atomic E-state index is 12.3. The average molecular weight is 261 g/mol. The van der Waals surface area contributed by atoms with Crippen molar-refractivity contribution in [2.75, 3.05) is 6.61 Å². The Bertz CT molecular complexity index is 576. The highest BCUT2D eigenvalue weighted by Gasteiger charge is 2.25. The summed E-state index contributed by atoms with van der Waals surface area (Å²) in [5.74, 6) is -0.164. The summed E-state index contributed by atoms with van der Waals surface area (Å²) in [5, 5.41) is 12.9. The average Bonchev–Trinajstić information content (AvgIpc) is 2.83. The van der Waals surface area contributed by atoms with E-state index in [0.717, 1.165) is 11.8 Å². The Kier molecular flexibility index (Phi) is 3.90. The first-order valence-electron chi connectivity index (χ1n) is 6.49. The van der Waals surface area contributed by atoms with E-state index in [1.54, 1.807) is 0 Å². The predicted molar refractivity (Wildman–Crippen MR) is 74.1 cm³/mol. The second-order valence-corrected chi connectivity index (χ2v) is 4.99. The van der Waals surface area contributed by atoms with E-state index >= 15 is 0 Å². The molecule has 1 heterocycles. The molecule has 0 saturated heterocycles. The number of para-hydroxylation sites is 1. The molecule has 2 rings (SSSR count). The maximum Gasteiger partial charge on any atom is 0.255 e. The van der Waals surface area contributed by atoms with Crippen LogP contribution < -0.4 is 5.32 Å². The molecule has 0 fully saturated rings. The Morgan fingerprint density at radius 2 is 2.16 bits per heavy atom. The maximum atomic E-state index is 12.3. The topological polar surface area (TPSA) is 62.5 Å². The smallest absolute Gasteiger partial charge is 0.255 e. The van der Waals surface area contributed by atoms with Crippen LogP contribution in [-0.4, -0.2) is 23.2 Å². The molecule has 1 amide bonds. The van der Waals surface area contributed by atoms with Gasteiger partial charge < -0.3 is 14.8 Å². The number of aliphatic hydroxyl groups excluding tert-OH is 1. The van der Waals surface area contributed by atoms with Crippen molar-refractivity contribution in [3.8, 4) is 0 Å². The zero-order chi connectivity index (χ0) is 13.9. The van der Waals surface area contributed by atoms with Gasteiger partial charge in [0.25, 0.3) is 5.91 Å². The fourth-order valence-electron chi connectivity index (χ4n) is 2.07. The SMILES string of the molecule is CC[C@@](C)(CCO)NC(=O)c1coc2ccccc12. The zero-order valence-corrected chi connectivity index (χ0v) is 11.3. The van der Waals surface area contributed by atoms with Crippen LogP contribution in [0.5, 0.6) is 0 Å². The molecule has 2 N–H and O–H groups in total. The number of rotatable bonds is 5. The van der Waals surface area contributed by atoms with Gasteiger partial charge in [0.05, 0.1) is 5.56 Å². The second-order valence-electron chi connectivity index (χ2n) is 4.99. The highest BCUT2D eigenvalue weighted by Crippen LogP contribution is 2.22. The Morgan fingerprint density at radius 3 is 2.84 bits per heavy atom. The first-order valence-corrected chi connectivity index (χ1v) is 6.49. The van der Waals surface area contributed by atoms with E-state index in [1.807, 2.05) is 38.1 Å². The molecule has 0 aliphatic rings. The summed E-state index contributed by atoms with van der Waals surface area (Å²) in [5.41, 5.74) is 0.839. The largest absolute Gasteiger partial charge is 0.463 e. The van der Waals surface area contributed by atoms with Gasteiger partial charge in [-0.15, -0.1) is 0 Å². The van der Waals surface area contributed by atoms with Crippen LogP contribution in [0.25, 0.3) is 11.0 Å². The molecule has 19 heavy (non-hydrogen) atoms. The number of carbonyl (C=O) groups excluding carboxylic acids is 1. The van der Waals surface area contributed by atoms with Gasteiger partial charge in [-0.2, -0.15) is 0 Å². The molecule has 0 radical (unpaired) electrons. The van der Waals surface area contributed by atoms with Crippen molar-refractivity contribution >= 4 is 16.9 Å². The van der Waals surface area contributed by atoms with Crippen LogP contribution in [0.4, 0.5) is 0 Å². The van der Waals surface area contributed by atoms with Crippen molar-refractivity contribution in [1.29, 1.82) is 0 Å². The third-order valence-corrected chi connectivity index (χ3v) is 3.58. The highest BCUT2D eigenvalue weighted by molar-refractivity contribution is 6.06. The normalized spacial score (nSPS) is 14.3. The Labute approximate surface area is 112 Å². The molecule has 0 bridgehead atoms. The number of benzene rings is 1. The summed E-state index contributed by atoms with van der Waals surface area (Å²) in [7, 11) is 0. The number of hydrogen-bond acceptors (Lipinski definition) is 3. The van der Waals surface area contributed by atoms with Crippen molar-refractivity contribution in [1.82, 2.24) is 5.32 Å². The third-order valence-electron chi connectivity index (χ3n) is 3.58. The predicted octanol–water partition coefficient (Wildman–Crippen LogP) is 2.71. The van der Waals surface area contributed by atoms with E-state index < -0.39 is 5.54 Å². The summed E-state index contributed by atoms with van der Waals surface area (Å²) in [6.07, 6.45) is 2.77. The summed E-state index contributed by atoms with van der Waals surface area (Å²) >= 11 is 0. The molecule has 4 heteroatoms. The lowest BCUT2D eigenvalue weighted by Gasteiger charge is -2.28. The van der Waals surface area contributed by atoms with E-state index in [-0.39, 0.29) is 12.5 Å². The minimum absolute atomic E-state index is 0.0523. The fraction of sp³-hybridized carbons (Fsp3) is 0.400. The van der Waals surface area contributed by atoms with Crippen LogP contribution in [0.15, 0.2) is 34.9 Å². The van der Waals surface area contributed by atoms with Gasteiger partial charge >= 0.3 is 0 Å². The minimum atomic E-state index is -0.399. The van der Waals surface area contributed by atoms with E-state index in [0.29, 0.717) is 17.6 Å². The van der Waals surface area contributed by atoms with E-state index in [2.05, 4.69) is 5.32 Å². The van der Waals surface area contributed by atoms with Crippen molar-refractivity contribution in [2.24, 2.45) is 0 Å². The van der Waals surface area contributed by atoms with Gasteiger partial charge in [0.1, 0.15) is 11.8 Å². The minimum Gasteiger partial charge on any atom is -0.463 e. The van der Waals surface area contributed by atoms with Gasteiger partial charge in [0.15, 0.2) is 0 Å². The van der Waals surface area contributed by atoms with Crippen LogP contribution >= 0.6 is 0 Å². The van der Waals surface area contributed by atoms with Crippen LogP contribution in [-0.2, 0) is 0 Å². The summed E-state index contributed by atoms with van der Waals surface area (Å²) in [4.78, 5) is 12.3. The molecule has 0 aliphatic carbocycles. The van der Waals surface area contributed by atoms with Crippen LogP contribution in [0.3, 0.4) is 0 Å². The molecule has 0 unspecified atom stereocenters. The zero-order valence-electron chi connectivity index (χ0n) is 11.3. The number of hydrogen-bond donors (Lipinski definition) is 2. The molecule has 1 aromatic heterocycles. The summed E-state index contributed by atoms with van der Waals surface area (Å²) in [6, 6.07) is 7.44. The molecule has 0 saturated carbocycles. The van der Waals surface area contributed by atoms with Crippen LogP contribution in [0, 0.1) is 0 Å². The quantitative estimate of drug-likeness (QED) is 0.869. The van der Waals surface area contributed by atoms with Gasteiger partial charge in [0, 0.05) is 17.5 Å². The number of fused-ring (bicyclic) bond motifs is 1. The van der Waals surface area contributed by atoms with Gasteiger partial charge in [-0.05, 0) is 25.8 Å². The molecule has 0 spiro atoms. The molecular weight excluding hydrogens is 242 g/mol. The van der Waals surface area contributed by atoms with Crippen LogP contribution in [0.1, 0.15) is 37.0 Å². The van der Waals surface area contributed by atoms with Crippen molar-refractivity contribution < 1.29 is 14.3 Å². The number of nitrogens with one attached hydrogen (secondary N) is 1. The lowest BCUT2D eigenvalue weighted by atomic mass is 9.94. The first kappa shape index (κ1) is 13.6. The summed E-state index contributed by atoms with van der Waals surface area (Å²) < 4.78 is 5.37. The lowest BCUT2D eigenvalue weighted by molar-refractivity contribution is 0.0887. The van der Waals surface area contributed by atoms with Crippen molar-refractivity contribution in [3.05, 3.63) is 36.1 Å². The van der Waals surface area contributed by atoms with E-state index in [1.165, 1.54) is 6.26 Å². The monoisotopic (exact) mass is 261 g/mol. The standard InChI is InChI=1S/C15H19NO3/c1-3-15(2,8-9-17)16-14(18)12-10-19-13-7-5-4-6-11(12)13/h4-7,10,17H,3,8-9H2,1-2H3,(H,16,18)/t15-/m0/s1. The molecular formula is C15H19NO3. The highest BCUT2D eigenvalue weighted by atomic mass is 16.3. The lowest BCUT2D eigenvalue weighted by Crippen LogP contribution is -2.46. The number of aliphatic hydroxyl groups is 1. The molecule has 1 atom stereocenters. The van der Waals surface area contributed by atoms with E-state index in [9.17, 15) is 4.79 Å². The molecule has 2 aromatic rings. The van der Waals surface area contributed by atoms with Gasteiger partial charge in [-0.1, -0.05) is 25.1 Å². The van der Waals surface area contributed by atoms with Crippen LogP contribution in [0.2, 0.25) is 0 Å². The van der Waals surface area contributed by atoms with Gasteiger partial charge in [-0.25, -0.2) is 0 Å². The number of amides is 1. The van der Waals surface area contributed by atoms with Crippen molar-refractivity contribution in [2.45, 2.75) is 32.2 Å².